The third-order valence-corrected chi connectivity index (χ3v) is 4.07. The monoisotopic (exact) mass is 254 g/mol. The second kappa shape index (κ2) is 5.44. The zero-order valence-corrected chi connectivity index (χ0v) is 11.0. The maximum Gasteiger partial charge on any atom is 0.321 e. The Labute approximate surface area is 105 Å². The van der Waals surface area contributed by atoms with E-state index in [0.717, 1.165) is 11.6 Å². The first-order valence-electron chi connectivity index (χ1n) is 6.03. The van der Waals surface area contributed by atoms with Crippen LogP contribution in [0.4, 0.5) is 9.93 Å². The van der Waals surface area contributed by atoms with E-state index in [0.29, 0.717) is 17.0 Å². The van der Waals surface area contributed by atoms with Crippen molar-refractivity contribution in [2.24, 2.45) is 5.92 Å². The molecule has 2 rings (SSSR count). The van der Waals surface area contributed by atoms with Gasteiger partial charge in [0.05, 0.1) is 0 Å². The highest BCUT2D eigenvalue weighted by Crippen LogP contribution is 2.25. The molecule has 2 amide bonds. The quantitative estimate of drug-likeness (QED) is 0.867. The Kier molecular flexibility index (Phi) is 3.93. The van der Waals surface area contributed by atoms with Crippen molar-refractivity contribution in [3.8, 4) is 0 Å². The third kappa shape index (κ3) is 3.39. The molecule has 1 aromatic rings. The summed E-state index contributed by atoms with van der Waals surface area (Å²) < 4.78 is 0. The van der Waals surface area contributed by atoms with Crippen LogP contribution in [0.1, 0.15) is 44.0 Å². The average Bonchev–Trinajstić information content (AvgIpc) is 2.63. The van der Waals surface area contributed by atoms with Crippen molar-refractivity contribution in [1.82, 2.24) is 15.5 Å². The van der Waals surface area contributed by atoms with Gasteiger partial charge in [-0.05, 0) is 18.8 Å². The van der Waals surface area contributed by atoms with Crippen LogP contribution in [0.15, 0.2) is 0 Å². The summed E-state index contributed by atoms with van der Waals surface area (Å²) in [7, 11) is 0. The number of carbonyl (C=O) groups excluding carboxylic acids is 1. The van der Waals surface area contributed by atoms with Crippen LogP contribution in [0.25, 0.3) is 0 Å². The Hall–Kier alpha value is -1.17. The summed E-state index contributed by atoms with van der Waals surface area (Å²) >= 11 is 1.43. The lowest BCUT2D eigenvalue weighted by molar-refractivity contribution is 0.243. The maximum absolute atomic E-state index is 11.6. The van der Waals surface area contributed by atoms with Gasteiger partial charge in [0.15, 0.2) is 0 Å². The van der Waals surface area contributed by atoms with Gasteiger partial charge in [0, 0.05) is 12.5 Å². The van der Waals surface area contributed by atoms with Crippen molar-refractivity contribution >= 4 is 22.5 Å². The average molecular weight is 254 g/mol. The molecule has 0 bridgehead atoms. The third-order valence-electron chi connectivity index (χ3n) is 2.93. The Balaban J connectivity index is 1.76. The van der Waals surface area contributed by atoms with E-state index in [1.807, 2.05) is 0 Å². The lowest BCUT2D eigenvalue weighted by Crippen LogP contribution is -2.35. The Morgan fingerprint density at radius 1 is 1.47 bits per heavy atom. The number of hydrogen-bond acceptors (Lipinski definition) is 4. The Morgan fingerprint density at radius 2 is 2.24 bits per heavy atom. The lowest BCUT2D eigenvalue weighted by Gasteiger charge is -2.25. The fraction of sp³-hybridized carbons (Fsp3) is 0.727. The molecule has 5 nitrogen and oxygen atoms in total. The van der Waals surface area contributed by atoms with Crippen molar-refractivity contribution in [3.05, 3.63) is 5.01 Å². The number of anilines is 1. The Morgan fingerprint density at radius 3 is 2.76 bits per heavy atom. The first-order valence-corrected chi connectivity index (χ1v) is 6.85. The van der Waals surface area contributed by atoms with Gasteiger partial charge in [-0.2, -0.15) is 0 Å². The molecule has 94 valence electrons. The topological polar surface area (TPSA) is 66.9 Å². The number of carbonyl (C=O) groups is 1. The van der Waals surface area contributed by atoms with Gasteiger partial charge in [0.25, 0.3) is 0 Å². The van der Waals surface area contributed by atoms with Crippen LogP contribution in [-0.4, -0.2) is 22.8 Å². The van der Waals surface area contributed by atoms with Gasteiger partial charge < -0.3 is 5.32 Å². The van der Waals surface area contributed by atoms with E-state index in [4.69, 9.17) is 0 Å². The molecule has 0 aliphatic heterocycles. The van der Waals surface area contributed by atoms with Crippen molar-refractivity contribution in [2.45, 2.75) is 39.0 Å². The molecule has 1 aromatic heterocycles. The van der Waals surface area contributed by atoms with Gasteiger partial charge >= 0.3 is 6.03 Å². The number of rotatable bonds is 4. The van der Waals surface area contributed by atoms with Crippen LogP contribution in [0.5, 0.6) is 0 Å². The zero-order chi connectivity index (χ0) is 12.3. The molecular weight excluding hydrogens is 236 g/mol. The van der Waals surface area contributed by atoms with E-state index in [1.165, 1.54) is 30.6 Å². The molecule has 6 heteroatoms. The largest absolute Gasteiger partial charge is 0.338 e. The minimum atomic E-state index is -0.177. The maximum atomic E-state index is 11.6. The number of aromatic nitrogens is 2. The van der Waals surface area contributed by atoms with Crippen LogP contribution in [-0.2, 0) is 0 Å². The molecule has 2 N–H and O–H groups in total. The predicted molar refractivity (Wildman–Crippen MR) is 68.4 cm³/mol. The summed E-state index contributed by atoms with van der Waals surface area (Å²) in [5, 5.41) is 15.0. The van der Waals surface area contributed by atoms with Crippen LogP contribution < -0.4 is 10.6 Å². The molecular formula is C11H18N4OS. The highest BCUT2D eigenvalue weighted by molar-refractivity contribution is 7.15. The minimum absolute atomic E-state index is 0.177. The summed E-state index contributed by atoms with van der Waals surface area (Å²) in [5.74, 6) is 1.02. The molecule has 1 saturated carbocycles. The summed E-state index contributed by atoms with van der Waals surface area (Å²) in [6.45, 7) is 4.88. The van der Waals surface area contributed by atoms with E-state index in [-0.39, 0.29) is 6.03 Å². The van der Waals surface area contributed by atoms with Gasteiger partial charge in [-0.25, -0.2) is 4.79 Å². The van der Waals surface area contributed by atoms with Gasteiger partial charge in [0.1, 0.15) is 5.01 Å². The van der Waals surface area contributed by atoms with Gasteiger partial charge in [-0.3, -0.25) is 5.32 Å². The van der Waals surface area contributed by atoms with E-state index in [9.17, 15) is 4.79 Å². The second-order valence-corrected chi connectivity index (χ2v) is 5.74. The molecule has 1 fully saturated rings. The fourth-order valence-electron chi connectivity index (χ4n) is 1.59. The van der Waals surface area contributed by atoms with Crippen LogP contribution in [0.3, 0.4) is 0 Å². The molecule has 17 heavy (non-hydrogen) atoms. The molecule has 0 aromatic carbocycles. The van der Waals surface area contributed by atoms with Crippen LogP contribution in [0, 0.1) is 5.92 Å². The molecule has 1 aliphatic carbocycles. The molecule has 0 atom stereocenters. The van der Waals surface area contributed by atoms with Crippen molar-refractivity contribution in [2.75, 3.05) is 11.9 Å². The van der Waals surface area contributed by atoms with E-state index in [2.05, 4.69) is 34.7 Å². The second-order valence-electron chi connectivity index (χ2n) is 4.73. The highest BCUT2D eigenvalue weighted by Gasteiger charge is 2.18. The molecule has 0 radical (unpaired) electrons. The number of hydrogen-bond donors (Lipinski definition) is 2. The van der Waals surface area contributed by atoms with Crippen molar-refractivity contribution < 1.29 is 4.79 Å². The highest BCUT2D eigenvalue weighted by atomic mass is 32.1. The molecule has 0 saturated heterocycles. The summed E-state index contributed by atoms with van der Waals surface area (Å²) in [5.41, 5.74) is 0. The summed E-state index contributed by atoms with van der Waals surface area (Å²) in [6.07, 6.45) is 3.76. The zero-order valence-electron chi connectivity index (χ0n) is 10.2. The van der Waals surface area contributed by atoms with Gasteiger partial charge in [-0.1, -0.05) is 31.6 Å². The summed E-state index contributed by atoms with van der Waals surface area (Å²) in [4.78, 5) is 11.6. The Bertz CT molecular complexity index is 387. The first kappa shape index (κ1) is 12.3. The van der Waals surface area contributed by atoms with Gasteiger partial charge in [-0.15, -0.1) is 10.2 Å². The standard InChI is InChI=1S/C11H18N4OS/c1-7(2)9-14-15-11(17-9)13-10(16)12-6-8-4-3-5-8/h7-8H,3-6H2,1-2H3,(H2,12,13,15,16). The van der Waals surface area contributed by atoms with E-state index < -0.39 is 0 Å². The van der Waals surface area contributed by atoms with E-state index in [1.54, 1.807) is 0 Å². The molecule has 1 heterocycles. The SMILES string of the molecule is CC(C)c1nnc(NC(=O)NCC2CCC2)s1. The van der Waals surface area contributed by atoms with E-state index >= 15 is 0 Å². The molecule has 0 unspecified atom stereocenters. The number of amides is 2. The predicted octanol–water partition coefficient (Wildman–Crippen LogP) is 2.58. The molecule has 1 aliphatic rings. The van der Waals surface area contributed by atoms with Crippen LogP contribution >= 0.6 is 11.3 Å². The number of nitrogens with zero attached hydrogens (tertiary/aromatic N) is 2. The number of nitrogens with one attached hydrogen (secondary N) is 2. The molecule has 0 spiro atoms. The number of urea groups is 1. The minimum Gasteiger partial charge on any atom is -0.338 e. The summed E-state index contributed by atoms with van der Waals surface area (Å²) in [6, 6.07) is -0.177. The van der Waals surface area contributed by atoms with Crippen molar-refractivity contribution in [3.63, 3.8) is 0 Å². The normalized spacial score (nSPS) is 15.7. The van der Waals surface area contributed by atoms with Crippen LogP contribution in [0.2, 0.25) is 0 Å². The lowest BCUT2D eigenvalue weighted by atomic mass is 9.85. The van der Waals surface area contributed by atoms with Gasteiger partial charge in [0.2, 0.25) is 5.13 Å². The van der Waals surface area contributed by atoms with Crippen molar-refractivity contribution in [1.29, 1.82) is 0 Å². The smallest absolute Gasteiger partial charge is 0.321 e. The fourth-order valence-corrected chi connectivity index (χ4v) is 2.33. The first-order chi connectivity index (χ1) is 8.15.